The number of nitrogens with one attached hydrogen (secondary N) is 2. The summed E-state index contributed by atoms with van der Waals surface area (Å²) < 4.78 is 13.9. The molecule has 8 heteroatoms. The first kappa shape index (κ1) is 22.3. The van der Waals surface area contributed by atoms with Gasteiger partial charge in [0.05, 0.1) is 5.25 Å². The summed E-state index contributed by atoms with van der Waals surface area (Å²) in [4.78, 5) is 39.5. The number of hydrogen-bond acceptors (Lipinski definition) is 4. The van der Waals surface area contributed by atoms with Crippen molar-refractivity contribution in [2.24, 2.45) is 0 Å². The first-order chi connectivity index (χ1) is 15.5. The van der Waals surface area contributed by atoms with E-state index in [1.165, 1.54) is 17.8 Å². The van der Waals surface area contributed by atoms with Gasteiger partial charge in [-0.2, -0.15) is 0 Å². The van der Waals surface area contributed by atoms with Gasteiger partial charge < -0.3 is 15.5 Å². The quantitative estimate of drug-likeness (QED) is 0.726. The summed E-state index contributed by atoms with van der Waals surface area (Å²) in [6.07, 6.45) is 1.65. The van der Waals surface area contributed by atoms with Crippen LogP contribution in [0.1, 0.15) is 28.8 Å². The molecule has 168 valence electrons. The maximum Gasteiger partial charge on any atom is 0.253 e. The van der Waals surface area contributed by atoms with Crippen LogP contribution in [0.3, 0.4) is 0 Å². The van der Waals surface area contributed by atoms with Crippen molar-refractivity contribution in [3.8, 4) is 0 Å². The van der Waals surface area contributed by atoms with Crippen LogP contribution >= 0.6 is 11.8 Å². The predicted octanol–water partition coefficient (Wildman–Crippen LogP) is 2.39. The van der Waals surface area contributed by atoms with E-state index in [2.05, 4.69) is 10.6 Å². The summed E-state index contributed by atoms with van der Waals surface area (Å²) in [7, 11) is 0. The van der Waals surface area contributed by atoms with Gasteiger partial charge in [0, 0.05) is 30.4 Å². The highest BCUT2D eigenvalue weighted by Gasteiger charge is 2.34. The highest BCUT2D eigenvalue weighted by atomic mass is 32.2. The van der Waals surface area contributed by atoms with Gasteiger partial charge in [0.15, 0.2) is 0 Å². The maximum atomic E-state index is 13.9. The monoisotopic (exact) mass is 455 g/mol. The first-order valence-corrected chi connectivity index (χ1v) is 11.9. The third kappa shape index (κ3) is 5.30. The van der Waals surface area contributed by atoms with Gasteiger partial charge in [-0.15, -0.1) is 11.8 Å². The van der Waals surface area contributed by atoms with E-state index in [9.17, 15) is 18.8 Å². The zero-order valence-electron chi connectivity index (χ0n) is 17.6. The van der Waals surface area contributed by atoms with E-state index in [-0.39, 0.29) is 29.6 Å². The predicted molar refractivity (Wildman–Crippen MR) is 122 cm³/mol. The van der Waals surface area contributed by atoms with Gasteiger partial charge in [0.25, 0.3) is 5.91 Å². The van der Waals surface area contributed by atoms with E-state index in [0.717, 1.165) is 0 Å². The van der Waals surface area contributed by atoms with Gasteiger partial charge >= 0.3 is 0 Å². The molecule has 2 unspecified atom stereocenters. The molecule has 2 N–H and O–H groups in total. The molecule has 2 heterocycles. The molecule has 0 spiro atoms. The van der Waals surface area contributed by atoms with Crippen molar-refractivity contribution >= 4 is 29.5 Å². The Morgan fingerprint density at radius 1 is 1.06 bits per heavy atom. The molecule has 2 fully saturated rings. The Morgan fingerprint density at radius 3 is 2.44 bits per heavy atom. The van der Waals surface area contributed by atoms with E-state index < -0.39 is 11.3 Å². The van der Waals surface area contributed by atoms with E-state index in [4.69, 9.17) is 0 Å². The lowest BCUT2D eigenvalue weighted by atomic mass is 10.0. The molecular formula is C24H26FN3O3S. The Kier molecular flexibility index (Phi) is 7.09. The standard InChI is InChI=1S/C24H26FN3O3S/c25-19-9-5-4-8-17(19)14-21-23(30)27-20(15-32-21)22(29)26-18-10-12-28(13-11-18)24(31)16-6-2-1-3-7-16/h1-9,18,20-21H,10-15H2,(H,26,29)(H,27,30). The minimum Gasteiger partial charge on any atom is -0.351 e. The van der Waals surface area contributed by atoms with Crippen molar-refractivity contribution in [3.05, 3.63) is 71.5 Å². The zero-order chi connectivity index (χ0) is 22.5. The fourth-order valence-electron chi connectivity index (χ4n) is 4.04. The highest BCUT2D eigenvalue weighted by molar-refractivity contribution is 8.00. The number of nitrogens with zero attached hydrogens (tertiary/aromatic N) is 1. The van der Waals surface area contributed by atoms with E-state index in [0.29, 0.717) is 49.2 Å². The number of carbonyl (C=O) groups excluding carboxylic acids is 3. The number of piperidine rings is 1. The van der Waals surface area contributed by atoms with Crippen LogP contribution in [-0.2, 0) is 16.0 Å². The van der Waals surface area contributed by atoms with Crippen LogP contribution in [0.2, 0.25) is 0 Å². The number of amides is 3. The summed E-state index contributed by atoms with van der Waals surface area (Å²) in [5.74, 6) is -0.316. The van der Waals surface area contributed by atoms with Crippen LogP contribution < -0.4 is 10.6 Å². The second kappa shape index (κ2) is 10.2. The van der Waals surface area contributed by atoms with Crippen LogP contribution in [0.5, 0.6) is 0 Å². The molecule has 0 saturated carbocycles. The molecule has 32 heavy (non-hydrogen) atoms. The Bertz CT molecular complexity index is 979. The van der Waals surface area contributed by atoms with Crippen molar-refractivity contribution in [1.29, 1.82) is 0 Å². The lowest BCUT2D eigenvalue weighted by molar-refractivity contribution is -0.129. The molecule has 2 atom stereocenters. The number of likely N-dealkylation sites (tertiary alicyclic amines) is 1. The molecule has 0 aromatic heterocycles. The maximum absolute atomic E-state index is 13.9. The number of thioether (sulfide) groups is 1. The molecule has 2 aromatic carbocycles. The molecule has 2 aliphatic heterocycles. The minimum atomic E-state index is -0.603. The van der Waals surface area contributed by atoms with Crippen LogP contribution in [0, 0.1) is 5.82 Å². The Hall–Kier alpha value is -2.87. The van der Waals surface area contributed by atoms with Gasteiger partial charge in [0.1, 0.15) is 11.9 Å². The molecule has 2 aliphatic rings. The Balaban J connectivity index is 1.23. The molecule has 0 radical (unpaired) electrons. The zero-order valence-corrected chi connectivity index (χ0v) is 18.4. The third-order valence-electron chi connectivity index (χ3n) is 5.90. The number of halogens is 1. The lowest BCUT2D eigenvalue weighted by Gasteiger charge is -2.34. The first-order valence-electron chi connectivity index (χ1n) is 10.8. The fourth-order valence-corrected chi connectivity index (χ4v) is 5.22. The second-order valence-corrected chi connectivity index (χ2v) is 9.36. The van der Waals surface area contributed by atoms with E-state index >= 15 is 0 Å². The van der Waals surface area contributed by atoms with Gasteiger partial charge in [-0.3, -0.25) is 14.4 Å². The molecule has 2 saturated heterocycles. The number of rotatable bonds is 5. The lowest BCUT2D eigenvalue weighted by Crippen LogP contribution is -2.57. The van der Waals surface area contributed by atoms with Crippen molar-refractivity contribution < 1.29 is 18.8 Å². The van der Waals surface area contributed by atoms with Crippen molar-refractivity contribution in [1.82, 2.24) is 15.5 Å². The minimum absolute atomic E-state index is 0.00668. The topological polar surface area (TPSA) is 78.5 Å². The average Bonchev–Trinajstić information content (AvgIpc) is 2.82. The third-order valence-corrected chi connectivity index (χ3v) is 7.21. The molecule has 6 nitrogen and oxygen atoms in total. The van der Waals surface area contributed by atoms with Crippen molar-refractivity contribution in [2.75, 3.05) is 18.8 Å². The van der Waals surface area contributed by atoms with E-state index in [1.807, 2.05) is 23.1 Å². The molecule has 0 bridgehead atoms. The Morgan fingerprint density at radius 2 is 1.75 bits per heavy atom. The summed E-state index contributed by atoms with van der Waals surface area (Å²) in [6.45, 7) is 1.16. The number of carbonyl (C=O) groups is 3. The molecule has 4 rings (SSSR count). The molecule has 0 aliphatic carbocycles. The van der Waals surface area contributed by atoms with Crippen molar-refractivity contribution in [2.45, 2.75) is 36.6 Å². The molecular weight excluding hydrogens is 429 g/mol. The van der Waals surface area contributed by atoms with Crippen LogP contribution in [0.15, 0.2) is 54.6 Å². The normalized spacial score (nSPS) is 21.7. The van der Waals surface area contributed by atoms with Gasteiger partial charge in [-0.1, -0.05) is 36.4 Å². The summed E-state index contributed by atoms with van der Waals surface area (Å²) in [6, 6.07) is 15.0. The van der Waals surface area contributed by atoms with Gasteiger partial charge in [0.2, 0.25) is 11.8 Å². The smallest absolute Gasteiger partial charge is 0.253 e. The SMILES string of the molecule is O=C(NC1CCN(C(=O)c2ccccc2)CC1)C1CSC(Cc2ccccc2F)C(=O)N1. The van der Waals surface area contributed by atoms with E-state index in [1.54, 1.807) is 30.3 Å². The second-order valence-electron chi connectivity index (χ2n) is 8.12. The highest BCUT2D eigenvalue weighted by Crippen LogP contribution is 2.23. The summed E-state index contributed by atoms with van der Waals surface area (Å²) in [5, 5.41) is 5.39. The average molecular weight is 456 g/mol. The molecule has 2 aromatic rings. The van der Waals surface area contributed by atoms with Gasteiger partial charge in [-0.25, -0.2) is 4.39 Å². The van der Waals surface area contributed by atoms with Crippen molar-refractivity contribution in [3.63, 3.8) is 0 Å². The largest absolute Gasteiger partial charge is 0.351 e. The summed E-state index contributed by atoms with van der Waals surface area (Å²) >= 11 is 1.38. The number of hydrogen-bond donors (Lipinski definition) is 2. The molecule has 3 amide bonds. The summed E-state index contributed by atoms with van der Waals surface area (Å²) in [5.41, 5.74) is 1.17. The fraction of sp³-hybridized carbons (Fsp3) is 0.375. The number of benzene rings is 2. The van der Waals surface area contributed by atoms with Crippen LogP contribution in [0.4, 0.5) is 4.39 Å². The van der Waals surface area contributed by atoms with Gasteiger partial charge in [-0.05, 0) is 43.0 Å². The Labute approximate surface area is 190 Å². The van der Waals surface area contributed by atoms with Crippen LogP contribution in [-0.4, -0.2) is 58.8 Å². The van der Waals surface area contributed by atoms with Crippen LogP contribution in [0.25, 0.3) is 0 Å².